The van der Waals surface area contributed by atoms with Crippen molar-refractivity contribution >= 4 is 40.2 Å². The van der Waals surface area contributed by atoms with Gasteiger partial charge in [-0.1, -0.05) is 23.7 Å². The van der Waals surface area contributed by atoms with Gasteiger partial charge in [-0.25, -0.2) is 4.39 Å². The number of carbonyl (C=O) groups excluding carboxylic acids is 1. The maximum Gasteiger partial charge on any atom is 0.417 e. The number of hydrogen-bond acceptors (Lipinski definition) is 5. The first-order valence-electron chi connectivity index (χ1n) is 9.74. The van der Waals surface area contributed by atoms with Crippen molar-refractivity contribution in [2.24, 2.45) is 5.92 Å². The van der Waals surface area contributed by atoms with Crippen LogP contribution in [0.4, 0.5) is 23.4 Å². The molecular weight excluding hydrogens is 470 g/mol. The van der Waals surface area contributed by atoms with E-state index in [0.29, 0.717) is 10.7 Å². The molecule has 0 radical (unpaired) electrons. The van der Waals surface area contributed by atoms with Crippen LogP contribution in [0.15, 0.2) is 36.4 Å². The SMILES string of the molecule is O=C(O)[C@@H]1CCN(c2nn(C(=O)c3c(Cl)cccc3C(F)(F)F)c3cccc(F)c23)C[C@H]1O. The summed E-state index contributed by atoms with van der Waals surface area (Å²) in [6, 6.07) is 6.58. The van der Waals surface area contributed by atoms with E-state index in [0.717, 1.165) is 18.2 Å². The number of carboxylic acids is 1. The molecule has 1 saturated heterocycles. The normalized spacial score (nSPS) is 19.2. The molecule has 174 valence electrons. The molecule has 3 aromatic rings. The van der Waals surface area contributed by atoms with Crippen LogP contribution in [0.2, 0.25) is 5.02 Å². The molecule has 4 rings (SSSR count). The van der Waals surface area contributed by atoms with E-state index in [1.165, 1.54) is 17.0 Å². The van der Waals surface area contributed by atoms with Crippen LogP contribution in [-0.2, 0) is 11.0 Å². The Morgan fingerprint density at radius 3 is 2.48 bits per heavy atom. The predicted octanol–water partition coefficient (Wildman–Crippen LogP) is 3.81. The maximum atomic E-state index is 14.8. The van der Waals surface area contributed by atoms with Crippen LogP contribution in [0.25, 0.3) is 10.9 Å². The van der Waals surface area contributed by atoms with Gasteiger partial charge in [-0.15, -0.1) is 5.10 Å². The number of anilines is 1. The Balaban J connectivity index is 1.85. The van der Waals surface area contributed by atoms with E-state index in [-0.39, 0.29) is 36.2 Å². The summed E-state index contributed by atoms with van der Waals surface area (Å²) in [6.07, 6.45) is -6.15. The number of aliphatic hydroxyl groups is 1. The van der Waals surface area contributed by atoms with Crippen LogP contribution in [0.1, 0.15) is 22.3 Å². The zero-order valence-corrected chi connectivity index (χ0v) is 17.4. The molecule has 2 atom stereocenters. The first-order chi connectivity index (χ1) is 15.5. The van der Waals surface area contributed by atoms with Crippen LogP contribution < -0.4 is 4.90 Å². The highest BCUT2D eigenvalue weighted by Crippen LogP contribution is 2.37. The molecule has 1 aliphatic rings. The van der Waals surface area contributed by atoms with Crippen molar-refractivity contribution in [2.45, 2.75) is 18.7 Å². The number of carbonyl (C=O) groups is 2. The minimum Gasteiger partial charge on any atom is -0.481 e. The molecule has 1 fully saturated rings. The highest BCUT2D eigenvalue weighted by atomic mass is 35.5. The zero-order valence-electron chi connectivity index (χ0n) is 16.7. The standard InChI is InChI=1S/C21H16ClF4N3O4/c22-12-4-1-3-11(21(24,25)26)16(12)19(31)29-14-6-2-5-13(23)17(14)18(27-29)28-8-7-10(20(32)33)15(30)9-28/h1-6,10,15,30H,7-9H2,(H,32,33)/t10-,15-/m1/s1. The van der Waals surface area contributed by atoms with Gasteiger partial charge in [0.05, 0.1) is 39.1 Å². The lowest BCUT2D eigenvalue weighted by Crippen LogP contribution is -2.47. The Bertz CT molecular complexity index is 1260. The summed E-state index contributed by atoms with van der Waals surface area (Å²) < 4.78 is 56.0. The molecule has 0 bridgehead atoms. The highest BCUT2D eigenvalue weighted by molar-refractivity contribution is 6.34. The molecule has 2 aromatic carbocycles. The van der Waals surface area contributed by atoms with Gasteiger partial charge in [0.2, 0.25) is 0 Å². The number of benzene rings is 2. The topological polar surface area (TPSA) is 95.7 Å². The fraction of sp³-hybridized carbons (Fsp3) is 0.286. The molecule has 0 unspecified atom stereocenters. The zero-order chi connectivity index (χ0) is 24.1. The third kappa shape index (κ3) is 4.02. The van der Waals surface area contributed by atoms with Gasteiger partial charge in [-0.05, 0) is 30.7 Å². The van der Waals surface area contributed by atoms with Crippen LogP contribution in [0.3, 0.4) is 0 Å². The molecule has 12 heteroatoms. The van der Waals surface area contributed by atoms with E-state index in [2.05, 4.69) is 5.10 Å². The first kappa shape index (κ1) is 23.0. The van der Waals surface area contributed by atoms with Gasteiger partial charge in [-0.2, -0.15) is 17.9 Å². The minimum absolute atomic E-state index is 0.0238. The number of halogens is 5. The van der Waals surface area contributed by atoms with Crippen molar-refractivity contribution in [1.82, 2.24) is 9.78 Å². The smallest absolute Gasteiger partial charge is 0.417 e. The lowest BCUT2D eigenvalue weighted by atomic mass is 9.94. The number of aliphatic carboxylic acids is 1. The van der Waals surface area contributed by atoms with E-state index in [9.17, 15) is 37.4 Å². The van der Waals surface area contributed by atoms with E-state index < -0.39 is 52.0 Å². The number of hydrogen-bond donors (Lipinski definition) is 2. The number of β-amino-alcohol motifs (C(OH)–C–C–N with tert-alkyl or cyclic N) is 1. The van der Waals surface area contributed by atoms with Crippen LogP contribution in [0, 0.1) is 11.7 Å². The number of piperidine rings is 1. The lowest BCUT2D eigenvalue weighted by Gasteiger charge is -2.34. The van der Waals surface area contributed by atoms with E-state index in [1.54, 1.807) is 0 Å². The molecule has 1 aliphatic heterocycles. The Morgan fingerprint density at radius 1 is 1.15 bits per heavy atom. The second kappa shape index (κ2) is 8.31. The van der Waals surface area contributed by atoms with Gasteiger partial charge in [-0.3, -0.25) is 9.59 Å². The molecule has 2 N–H and O–H groups in total. The number of nitrogens with zero attached hydrogens (tertiary/aromatic N) is 3. The summed E-state index contributed by atoms with van der Waals surface area (Å²) in [5, 5.41) is 22.9. The second-order valence-corrected chi connectivity index (χ2v) is 7.99. The van der Waals surface area contributed by atoms with Gasteiger partial charge in [0.1, 0.15) is 5.82 Å². The van der Waals surface area contributed by atoms with E-state index in [4.69, 9.17) is 11.6 Å². The number of aromatic nitrogens is 2. The Morgan fingerprint density at radius 2 is 1.85 bits per heavy atom. The molecule has 0 spiro atoms. The summed E-state index contributed by atoms with van der Waals surface area (Å²) in [7, 11) is 0. The minimum atomic E-state index is -4.88. The Hall–Kier alpha value is -3.18. The molecule has 0 amide bonds. The van der Waals surface area contributed by atoms with Crippen molar-refractivity contribution in [2.75, 3.05) is 18.0 Å². The average molecular weight is 486 g/mol. The molecule has 2 heterocycles. The number of carboxylic acid groups (broad SMARTS) is 1. The summed E-state index contributed by atoms with van der Waals surface area (Å²) in [4.78, 5) is 25.9. The average Bonchev–Trinajstić information content (AvgIpc) is 3.13. The lowest BCUT2D eigenvalue weighted by molar-refractivity contribution is -0.146. The highest BCUT2D eigenvalue weighted by Gasteiger charge is 2.38. The molecule has 0 aliphatic carbocycles. The van der Waals surface area contributed by atoms with Crippen molar-refractivity contribution in [3.8, 4) is 0 Å². The fourth-order valence-corrected chi connectivity index (χ4v) is 4.24. The van der Waals surface area contributed by atoms with Crippen molar-refractivity contribution in [1.29, 1.82) is 0 Å². The number of aliphatic hydroxyl groups excluding tert-OH is 1. The van der Waals surface area contributed by atoms with Crippen LogP contribution >= 0.6 is 11.6 Å². The molecule has 33 heavy (non-hydrogen) atoms. The molecule has 1 aromatic heterocycles. The first-order valence-corrected chi connectivity index (χ1v) is 10.1. The summed E-state index contributed by atoms with van der Waals surface area (Å²) >= 11 is 5.95. The monoisotopic (exact) mass is 485 g/mol. The molecular formula is C21H16ClF4N3O4. The number of rotatable bonds is 3. The largest absolute Gasteiger partial charge is 0.481 e. The van der Waals surface area contributed by atoms with Crippen molar-refractivity contribution < 1.29 is 37.4 Å². The quantitative estimate of drug-likeness (QED) is 0.548. The van der Waals surface area contributed by atoms with Crippen LogP contribution in [0.5, 0.6) is 0 Å². The van der Waals surface area contributed by atoms with Gasteiger partial charge in [0.25, 0.3) is 5.91 Å². The second-order valence-electron chi connectivity index (χ2n) is 7.58. The summed E-state index contributed by atoms with van der Waals surface area (Å²) in [5.74, 6) is -4.31. The molecule has 7 nitrogen and oxygen atoms in total. The third-order valence-electron chi connectivity index (χ3n) is 5.56. The van der Waals surface area contributed by atoms with Gasteiger partial charge in [0, 0.05) is 13.1 Å². The maximum absolute atomic E-state index is 14.8. The number of alkyl halides is 3. The fourth-order valence-electron chi connectivity index (χ4n) is 3.98. The Kier molecular flexibility index (Phi) is 5.79. The van der Waals surface area contributed by atoms with Crippen molar-refractivity contribution in [3.05, 3.63) is 58.4 Å². The summed E-state index contributed by atoms with van der Waals surface area (Å²) in [5.41, 5.74) is -2.20. The van der Waals surface area contributed by atoms with E-state index >= 15 is 0 Å². The van der Waals surface area contributed by atoms with Gasteiger partial charge >= 0.3 is 12.1 Å². The van der Waals surface area contributed by atoms with Crippen LogP contribution in [-0.4, -0.2) is 51.1 Å². The third-order valence-corrected chi connectivity index (χ3v) is 5.88. The van der Waals surface area contributed by atoms with Gasteiger partial charge < -0.3 is 15.1 Å². The number of fused-ring (bicyclic) bond motifs is 1. The predicted molar refractivity (Wildman–Crippen MR) is 110 cm³/mol. The van der Waals surface area contributed by atoms with E-state index in [1.807, 2.05) is 0 Å². The summed E-state index contributed by atoms with van der Waals surface area (Å²) in [6.45, 7) is -0.145. The Labute approximate surface area is 188 Å². The van der Waals surface area contributed by atoms with Crippen molar-refractivity contribution in [3.63, 3.8) is 0 Å². The van der Waals surface area contributed by atoms with Gasteiger partial charge in [0.15, 0.2) is 5.82 Å². The molecule has 0 saturated carbocycles.